The Morgan fingerprint density at radius 3 is 1.51 bits per heavy atom. The maximum absolute atomic E-state index is 13.4. The third-order valence-electron chi connectivity index (χ3n) is 10.4. The number of rotatable bonds is 23. The molecule has 17 heteroatoms. The summed E-state index contributed by atoms with van der Waals surface area (Å²) < 4.78 is 57.3. The number of aliphatic hydroxyl groups excluding tert-OH is 2. The van der Waals surface area contributed by atoms with Crippen LogP contribution >= 0.6 is 0 Å². The first-order valence-corrected chi connectivity index (χ1v) is 22.2. The number of halogens is 3. The van der Waals surface area contributed by atoms with E-state index in [-0.39, 0.29) is 29.6 Å². The van der Waals surface area contributed by atoms with Gasteiger partial charge in [0.05, 0.1) is 11.6 Å². The first kappa shape index (κ1) is 50.9. The second kappa shape index (κ2) is 22.6. The largest absolute Gasteiger partial charge is 0.492 e. The highest BCUT2D eigenvalue weighted by atomic mass is 19.4. The number of carbonyl (C=O) groups excluding carboxylic acids is 1. The van der Waals surface area contributed by atoms with Gasteiger partial charge in [-0.1, -0.05) is 30.3 Å². The maximum atomic E-state index is 13.4. The van der Waals surface area contributed by atoms with Gasteiger partial charge >= 0.3 is 12.1 Å². The first-order valence-electron chi connectivity index (χ1n) is 22.2. The summed E-state index contributed by atoms with van der Waals surface area (Å²) >= 11 is 0. The Balaban J connectivity index is 1.04. The van der Waals surface area contributed by atoms with E-state index in [2.05, 4.69) is 21.3 Å². The molecule has 5 aromatic carbocycles. The number of nitrogens with one attached hydrogen (secondary N) is 4. The minimum Gasteiger partial charge on any atom is -0.492 e. The number of aliphatic hydroxyl groups is 2. The van der Waals surface area contributed by atoms with Gasteiger partial charge in [0.25, 0.3) is 5.56 Å². The van der Waals surface area contributed by atoms with E-state index >= 15 is 0 Å². The van der Waals surface area contributed by atoms with Gasteiger partial charge in [-0.15, -0.1) is 0 Å². The fourth-order valence-electron chi connectivity index (χ4n) is 6.99. The van der Waals surface area contributed by atoms with Gasteiger partial charge in [0.15, 0.2) is 5.75 Å². The average molecular weight is 940 g/mol. The molecule has 1 heterocycles. The lowest BCUT2D eigenvalue weighted by Gasteiger charge is -2.22. The van der Waals surface area contributed by atoms with Crippen molar-refractivity contribution in [3.8, 4) is 17.2 Å². The molecular weight excluding hydrogens is 880 g/mol. The van der Waals surface area contributed by atoms with E-state index in [0.717, 1.165) is 56.3 Å². The molecule has 10 N–H and O–H groups in total. The number of anilines is 4. The molecule has 0 aliphatic carbocycles. The van der Waals surface area contributed by atoms with Gasteiger partial charge in [0.2, 0.25) is 0 Å². The van der Waals surface area contributed by atoms with Crippen LogP contribution in [0.1, 0.15) is 56.7 Å². The lowest BCUT2D eigenvalue weighted by molar-refractivity contribution is -0.189. The van der Waals surface area contributed by atoms with Crippen LogP contribution in [0.3, 0.4) is 0 Å². The Morgan fingerprint density at radius 2 is 1.07 bits per heavy atom. The van der Waals surface area contributed by atoms with E-state index in [4.69, 9.17) is 25.7 Å². The van der Waals surface area contributed by atoms with Crippen LogP contribution in [0.2, 0.25) is 0 Å². The second-order valence-electron chi connectivity index (χ2n) is 18.0. The Hall–Kier alpha value is -6.47. The topological polar surface area (TPSA) is 207 Å². The fourth-order valence-corrected chi connectivity index (χ4v) is 6.99. The minimum absolute atomic E-state index is 0.0378. The third kappa shape index (κ3) is 15.3. The highest BCUT2D eigenvalue weighted by Gasteiger charge is 2.42. The van der Waals surface area contributed by atoms with Gasteiger partial charge in [-0.25, -0.2) is 4.79 Å². The summed E-state index contributed by atoms with van der Waals surface area (Å²) in [4.78, 5) is 25.4. The number of aromatic nitrogens is 1. The van der Waals surface area contributed by atoms with E-state index in [1.807, 2.05) is 125 Å². The quantitative estimate of drug-likeness (QED) is 0.0180. The van der Waals surface area contributed by atoms with Crippen LogP contribution in [0.5, 0.6) is 17.2 Å². The molecule has 14 nitrogen and oxygen atoms in total. The summed E-state index contributed by atoms with van der Waals surface area (Å²) in [5.74, 6) is -1.67. The van der Waals surface area contributed by atoms with Crippen molar-refractivity contribution in [1.82, 2.24) is 15.2 Å². The molecule has 0 unspecified atom stereocenters. The van der Waals surface area contributed by atoms with Crippen LogP contribution < -0.4 is 52.5 Å². The molecule has 0 bridgehead atoms. The molecule has 1 aromatic heterocycles. The molecule has 0 spiro atoms. The maximum Gasteiger partial charge on any atom is 0.491 e. The Labute approximate surface area is 393 Å². The standard InChI is InChI=1S/C51H60F3N7O7/c1-49(2,55)31-66-39-17-13-37(14-18-39)59-35-9-5-33(6-10-35)25-27-57-29-43(62)41-21-23-44(68-48(65)51(52,53)54)47-42(41)22-24-45(63)61(47)46(64)30-58-28-26-34-7-11-36(12-8-34)60-38-15-19-40(20-16-38)67-32-50(3,4)56/h5-24,43,46,57-60,62,64H,25-32,55-56H2,1-4H3/t43-,46+/m0/s1. The van der Waals surface area contributed by atoms with Crippen molar-refractivity contribution in [3.63, 3.8) is 0 Å². The minimum atomic E-state index is -5.34. The zero-order chi connectivity index (χ0) is 49.1. The van der Waals surface area contributed by atoms with Crippen LogP contribution in [0.4, 0.5) is 35.9 Å². The monoisotopic (exact) mass is 939 g/mol. The summed E-state index contributed by atoms with van der Waals surface area (Å²) in [5.41, 5.74) is 15.8. The van der Waals surface area contributed by atoms with Crippen LogP contribution in [0.25, 0.3) is 10.9 Å². The van der Waals surface area contributed by atoms with Crippen molar-refractivity contribution in [3.05, 3.63) is 148 Å². The molecule has 362 valence electrons. The molecule has 0 aliphatic heterocycles. The highest BCUT2D eigenvalue weighted by molar-refractivity contribution is 5.91. The number of alkyl halides is 3. The van der Waals surface area contributed by atoms with Crippen LogP contribution in [0.15, 0.2) is 126 Å². The molecule has 6 aromatic rings. The number of esters is 1. The van der Waals surface area contributed by atoms with Gasteiger partial charge < -0.3 is 57.2 Å². The summed E-state index contributed by atoms with van der Waals surface area (Å²) in [6.45, 7) is 9.04. The number of ether oxygens (including phenoxy) is 3. The molecule has 0 saturated carbocycles. The summed E-state index contributed by atoms with van der Waals surface area (Å²) in [6, 6.07) is 35.6. The predicted molar refractivity (Wildman–Crippen MR) is 259 cm³/mol. The van der Waals surface area contributed by atoms with E-state index in [1.165, 1.54) is 12.1 Å². The molecule has 6 rings (SSSR count). The van der Waals surface area contributed by atoms with Gasteiger partial charge in [-0.3, -0.25) is 9.36 Å². The average Bonchev–Trinajstić information content (AvgIpc) is 3.29. The van der Waals surface area contributed by atoms with Crippen LogP contribution in [-0.2, 0) is 17.6 Å². The summed E-state index contributed by atoms with van der Waals surface area (Å²) in [6.07, 6.45) is -6.98. The molecule has 68 heavy (non-hydrogen) atoms. The number of pyridine rings is 1. The van der Waals surface area contributed by atoms with Crippen molar-refractivity contribution in [2.24, 2.45) is 11.5 Å². The zero-order valence-corrected chi connectivity index (χ0v) is 38.5. The number of benzene rings is 5. The SMILES string of the molecule is CC(C)(N)COc1ccc(Nc2ccc(CCNC[C@@H](O)n3c(=O)ccc4c([C@@H](O)CNCCc5ccc(Nc6ccc(OCC(C)(C)N)cc6)cc5)ccc(OC(=O)C(F)(F)F)c43)cc2)cc1. The molecule has 0 saturated heterocycles. The van der Waals surface area contributed by atoms with Gasteiger partial charge in [0.1, 0.15) is 30.9 Å². The van der Waals surface area contributed by atoms with Crippen molar-refractivity contribution >= 4 is 39.6 Å². The fraction of sp³-hybridized carbons (Fsp3) is 0.333. The van der Waals surface area contributed by atoms with E-state index in [1.54, 1.807) is 0 Å². The van der Waals surface area contributed by atoms with Crippen LogP contribution in [-0.4, -0.2) is 77.4 Å². The lowest BCUT2D eigenvalue weighted by Crippen LogP contribution is -2.38. The van der Waals surface area contributed by atoms with Crippen molar-refractivity contribution < 1.29 is 42.4 Å². The number of hydrogen-bond acceptors (Lipinski definition) is 13. The molecule has 0 fully saturated rings. The number of nitrogens with two attached hydrogens (primary N) is 2. The zero-order valence-electron chi connectivity index (χ0n) is 38.5. The normalized spacial score (nSPS) is 12.9. The second-order valence-corrected chi connectivity index (χ2v) is 18.0. The number of fused-ring (bicyclic) bond motifs is 1. The Morgan fingerprint density at radius 1 is 0.632 bits per heavy atom. The molecule has 0 aliphatic rings. The van der Waals surface area contributed by atoms with Crippen LogP contribution in [0, 0.1) is 0 Å². The number of hydrogen-bond donors (Lipinski definition) is 8. The Bertz CT molecular complexity index is 2630. The summed E-state index contributed by atoms with van der Waals surface area (Å²) in [7, 11) is 0. The van der Waals surface area contributed by atoms with E-state index in [0.29, 0.717) is 44.9 Å². The van der Waals surface area contributed by atoms with Gasteiger partial charge in [-0.05, 0) is 155 Å². The highest BCUT2D eigenvalue weighted by Crippen LogP contribution is 2.34. The number of carbonyl (C=O) groups is 1. The van der Waals surface area contributed by atoms with E-state index in [9.17, 15) is 33.0 Å². The van der Waals surface area contributed by atoms with Gasteiger partial charge in [0, 0.05) is 58.4 Å². The smallest absolute Gasteiger partial charge is 0.491 e. The van der Waals surface area contributed by atoms with Crippen molar-refractivity contribution in [2.75, 3.05) is 50.0 Å². The predicted octanol–water partition coefficient (Wildman–Crippen LogP) is 7.38. The van der Waals surface area contributed by atoms with Crippen molar-refractivity contribution in [1.29, 1.82) is 0 Å². The van der Waals surface area contributed by atoms with Crippen molar-refractivity contribution in [2.45, 2.75) is 70.1 Å². The number of nitrogens with zero attached hydrogens (tertiary/aromatic N) is 1. The molecule has 0 amide bonds. The Kier molecular flexibility index (Phi) is 16.9. The van der Waals surface area contributed by atoms with E-state index < -0.39 is 46.9 Å². The van der Waals surface area contributed by atoms with Gasteiger partial charge in [-0.2, -0.15) is 13.2 Å². The molecular formula is C51H60F3N7O7. The lowest BCUT2D eigenvalue weighted by atomic mass is 10.0. The summed E-state index contributed by atoms with van der Waals surface area (Å²) in [5, 5.41) is 35.8. The first-order chi connectivity index (χ1) is 32.2. The molecule has 2 atom stereocenters. The molecule has 0 radical (unpaired) electrons. The third-order valence-corrected chi connectivity index (χ3v) is 10.4.